The van der Waals surface area contributed by atoms with E-state index in [-0.39, 0.29) is 17.4 Å². The third-order valence-electron chi connectivity index (χ3n) is 1.55. The lowest BCUT2D eigenvalue weighted by atomic mass is 10.3. The highest BCUT2D eigenvalue weighted by molar-refractivity contribution is 7.13. The van der Waals surface area contributed by atoms with Crippen molar-refractivity contribution in [3.8, 4) is 0 Å². The summed E-state index contributed by atoms with van der Waals surface area (Å²) in [4.78, 5) is 25.4. The van der Waals surface area contributed by atoms with Gasteiger partial charge in [-0.3, -0.25) is 9.59 Å². The molecule has 0 aliphatic carbocycles. The lowest BCUT2D eigenvalue weighted by Crippen LogP contribution is -2.42. The minimum Gasteiger partial charge on any atom is -0.480 e. The summed E-state index contributed by atoms with van der Waals surface area (Å²) >= 11 is 1.13. The number of nitrogens with one attached hydrogen (secondary N) is 1. The van der Waals surface area contributed by atoms with Crippen molar-refractivity contribution in [3.63, 3.8) is 0 Å². The van der Waals surface area contributed by atoms with Crippen LogP contribution in [0.15, 0.2) is 5.38 Å². The molecule has 0 aliphatic heterocycles. The SMILES string of the molecule is Nc1nc(C(=O)NC[C@H](N)C(=O)O)cs1. The second kappa shape index (κ2) is 4.71. The molecule has 15 heavy (non-hydrogen) atoms. The van der Waals surface area contributed by atoms with Crippen molar-refractivity contribution in [1.82, 2.24) is 10.3 Å². The summed E-state index contributed by atoms with van der Waals surface area (Å²) < 4.78 is 0. The molecule has 0 spiro atoms. The Bertz CT molecular complexity index is 378. The Hall–Kier alpha value is -1.67. The van der Waals surface area contributed by atoms with Gasteiger partial charge in [0.2, 0.25) is 0 Å². The molecule has 0 aliphatic rings. The molecule has 1 amide bonds. The fraction of sp³-hybridized carbons (Fsp3) is 0.286. The van der Waals surface area contributed by atoms with Gasteiger partial charge in [0.25, 0.3) is 5.91 Å². The number of carboxylic acid groups (broad SMARTS) is 1. The maximum absolute atomic E-state index is 11.3. The quantitative estimate of drug-likeness (QED) is 0.517. The highest BCUT2D eigenvalue weighted by atomic mass is 32.1. The number of anilines is 1. The van der Waals surface area contributed by atoms with Crippen LogP contribution in [0.1, 0.15) is 10.5 Å². The Labute approximate surface area is 89.1 Å². The Balaban J connectivity index is 2.47. The number of hydrogen-bond acceptors (Lipinski definition) is 6. The van der Waals surface area contributed by atoms with E-state index < -0.39 is 17.9 Å². The van der Waals surface area contributed by atoms with Crippen LogP contribution in [0.2, 0.25) is 0 Å². The Morgan fingerprint density at radius 3 is 2.80 bits per heavy atom. The van der Waals surface area contributed by atoms with E-state index in [0.29, 0.717) is 0 Å². The van der Waals surface area contributed by atoms with Crippen molar-refractivity contribution in [2.45, 2.75) is 6.04 Å². The monoisotopic (exact) mass is 230 g/mol. The molecule has 1 aromatic rings. The largest absolute Gasteiger partial charge is 0.480 e. The Morgan fingerprint density at radius 1 is 1.67 bits per heavy atom. The Morgan fingerprint density at radius 2 is 2.33 bits per heavy atom. The highest BCUT2D eigenvalue weighted by Crippen LogP contribution is 2.10. The number of thiazole rings is 1. The van der Waals surface area contributed by atoms with Crippen molar-refractivity contribution in [1.29, 1.82) is 0 Å². The number of aliphatic carboxylic acids is 1. The first kappa shape index (κ1) is 11.4. The second-order valence-corrected chi connectivity index (χ2v) is 3.62. The number of nitrogens with zero attached hydrogens (tertiary/aromatic N) is 1. The number of carbonyl (C=O) groups excluding carboxylic acids is 1. The molecule has 0 saturated heterocycles. The van der Waals surface area contributed by atoms with Gasteiger partial charge in [-0.15, -0.1) is 11.3 Å². The smallest absolute Gasteiger partial charge is 0.322 e. The first-order valence-electron chi connectivity index (χ1n) is 3.98. The van der Waals surface area contributed by atoms with E-state index >= 15 is 0 Å². The standard InChI is InChI=1S/C7H10N4O3S/c8-3(6(13)14)1-10-5(12)4-2-15-7(9)11-4/h2-3H,1,8H2,(H2,9,11)(H,10,12)(H,13,14)/t3-/m0/s1. The van der Waals surface area contributed by atoms with Crippen LogP contribution in [0, 0.1) is 0 Å². The van der Waals surface area contributed by atoms with Crippen molar-refractivity contribution in [2.75, 3.05) is 12.3 Å². The number of amides is 1. The summed E-state index contributed by atoms with van der Waals surface area (Å²) in [6.07, 6.45) is 0. The zero-order valence-electron chi connectivity index (χ0n) is 7.64. The van der Waals surface area contributed by atoms with Gasteiger partial charge in [0.15, 0.2) is 5.13 Å². The predicted molar refractivity (Wildman–Crippen MR) is 54.5 cm³/mol. The fourth-order valence-corrected chi connectivity index (χ4v) is 1.32. The molecule has 7 nitrogen and oxygen atoms in total. The van der Waals surface area contributed by atoms with Crippen LogP contribution in [0.4, 0.5) is 5.13 Å². The summed E-state index contributed by atoms with van der Waals surface area (Å²) in [5.41, 5.74) is 10.7. The zero-order chi connectivity index (χ0) is 11.4. The molecule has 0 aromatic carbocycles. The molecular formula is C7H10N4O3S. The van der Waals surface area contributed by atoms with E-state index in [2.05, 4.69) is 10.3 Å². The van der Waals surface area contributed by atoms with E-state index in [1.54, 1.807) is 0 Å². The normalized spacial score (nSPS) is 12.1. The number of carbonyl (C=O) groups is 2. The Kier molecular flexibility index (Phi) is 3.58. The van der Waals surface area contributed by atoms with Gasteiger partial charge < -0.3 is 21.9 Å². The summed E-state index contributed by atoms with van der Waals surface area (Å²) in [6, 6.07) is -1.12. The molecule has 6 N–H and O–H groups in total. The van der Waals surface area contributed by atoms with Crippen LogP contribution >= 0.6 is 11.3 Å². The lowest BCUT2D eigenvalue weighted by molar-refractivity contribution is -0.138. The van der Waals surface area contributed by atoms with Crippen LogP contribution in [-0.4, -0.2) is 34.6 Å². The van der Waals surface area contributed by atoms with E-state index in [0.717, 1.165) is 11.3 Å². The molecule has 1 heterocycles. The summed E-state index contributed by atoms with van der Waals surface area (Å²) in [5, 5.41) is 12.6. The van der Waals surface area contributed by atoms with E-state index in [1.807, 2.05) is 0 Å². The average molecular weight is 230 g/mol. The van der Waals surface area contributed by atoms with E-state index in [9.17, 15) is 9.59 Å². The van der Waals surface area contributed by atoms with Crippen LogP contribution in [-0.2, 0) is 4.79 Å². The van der Waals surface area contributed by atoms with Crippen molar-refractivity contribution >= 4 is 28.3 Å². The average Bonchev–Trinajstić information content (AvgIpc) is 2.60. The van der Waals surface area contributed by atoms with Gasteiger partial charge in [-0.25, -0.2) is 4.98 Å². The van der Waals surface area contributed by atoms with Gasteiger partial charge in [0, 0.05) is 11.9 Å². The number of nitrogen functional groups attached to an aromatic ring is 1. The van der Waals surface area contributed by atoms with Crippen LogP contribution in [0.25, 0.3) is 0 Å². The summed E-state index contributed by atoms with van der Waals surface area (Å²) in [7, 11) is 0. The zero-order valence-corrected chi connectivity index (χ0v) is 8.45. The van der Waals surface area contributed by atoms with E-state index in [1.165, 1.54) is 5.38 Å². The summed E-state index contributed by atoms with van der Waals surface area (Å²) in [5.74, 6) is -1.66. The van der Waals surface area contributed by atoms with Gasteiger partial charge in [-0.1, -0.05) is 0 Å². The molecule has 0 unspecified atom stereocenters. The summed E-state index contributed by atoms with van der Waals surface area (Å²) in [6.45, 7) is -0.147. The van der Waals surface area contributed by atoms with Gasteiger partial charge >= 0.3 is 5.97 Å². The first-order valence-corrected chi connectivity index (χ1v) is 4.86. The van der Waals surface area contributed by atoms with Crippen molar-refractivity contribution in [3.05, 3.63) is 11.1 Å². The predicted octanol–water partition coefficient (Wildman–Crippen LogP) is -1.13. The maximum atomic E-state index is 11.3. The molecular weight excluding hydrogens is 220 g/mol. The number of rotatable bonds is 4. The van der Waals surface area contributed by atoms with Gasteiger partial charge in [0.1, 0.15) is 11.7 Å². The first-order chi connectivity index (χ1) is 7.00. The van der Waals surface area contributed by atoms with Gasteiger partial charge in [0.05, 0.1) is 0 Å². The third-order valence-corrected chi connectivity index (χ3v) is 2.23. The molecule has 0 fully saturated rings. The third kappa shape index (κ3) is 3.18. The molecule has 8 heteroatoms. The fourth-order valence-electron chi connectivity index (χ4n) is 0.772. The van der Waals surface area contributed by atoms with Crippen molar-refractivity contribution < 1.29 is 14.7 Å². The number of carboxylic acids is 1. The molecule has 0 radical (unpaired) electrons. The van der Waals surface area contributed by atoms with Gasteiger partial charge in [-0.2, -0.15) is 0 Å². The topological polar surface area (TPSA) is 131 Å². The highest BCUT2D eigenvalue weighted by Gasteiger charge is 2.14. The molecule has 82 valence electrons. The minimum atomic E-state index is -1.17. The van der Waals surface area contributed by atoms with Gasteiger partial charge in [-0.05, 0) is 0 Å². The van der Waals surface area contributed by atoms with Crippen LogP contribution in [0.3, 0.4) is 0 Å². The minimum absolute atomic E-state index is 0.147. The van der Waals surface area contributed by atoms with Crippen LogP contribution in [0.5, 0.6) is 0 Å². The molecule has 1 atom stereocenters. The lowest BCUT2D eigenvalue weighted by Gasteiger charge is -2.06. The molecule has 0 saturated carbocycles. The number of nitrogens with two attached hydrogens (primary N) is 2. The number of aromatic nitrogens is 1. The van der Waals surface area contributed by atoms with E-state index in [4.69, 9.17) is 16.6 Å². The molecule has 1 rings (SSSR count). The van der Waals surface area contributed by atoms with Crippen molar-refractivity contribution in [2.24, 2.45) is 5.73 Å². The molecule has 0 bridgehead atoms. The van der Waals surface area contributed by atoms with Crippen LogP contribution < -0.4 is 16.8 Å². The molecule has 1 aromatic heterocycles. The maximum Gasteiger partial charge on any atom is 0.322 e. The second-order valence-electron chi connectivity index (χ2n) is 2.73. The number of hydrogen-bond donors (Lipinski definition) is 4.